The molecular formula is C17H29Cl2N3O2S. The molecule has 2 saturated heterocycles. The Morgan fingerprint density at radius 3 is 2.60 bits per heavy atom. The molecule has 2 aliphatic rings. The number of piperidine rings is 1. The number of halogens is 2. The quantitative estimate of drug-likeness (QED) is 0.783. The Hall–Kier alpha value is -0.370. The maximum Gasteiger partial charge on any atom is 0.240 e. The lowest BCUT2D eigenvalue weighted by Crippen LogP contribution is -2.57. The van der Waals surface area contributed by atoms with Crippen molar-refractivity contribution in [3.63, 3.8) is 0 Å². The van der Waals surface area contributed by atoms with Crippen LogP contribution in [0.25, 0.3) is 0 Å². The van der Waals surface area contributed by atoms with E-state index < -0.39 is 5.54 Å². The van der Waals surface area contributed by atoms with Crippen molar-refractivity contribution in [1.29, 1.82) is 0 Å². The summed E-state index contributed by atoms with van der Waals surface area (Å²) in [5.41, 5.74) is 5.49. The minimum absolute atomic E-state index is 0. The normalized spacial score (nSPS) is 21.0. The number of hydrogen-bond donors (Lipinski definition) is 2. The number of ether oxygens (including phenoxy) is 1. The Kier molecular flexibility index (Phi) is 9.70. The molecule has 3 heterocycles. The standard InChI is InChI=1S/C17H27N3O2S.2ClH/c18-17(5-9-22-10-6-17)16(21)19-12-14-3-7-20(8-4-14)13-15-2-1-11-23-15;;/h1-2,11,14H,3-10,12-13,18H2,(H,19,21);2*1H. The molecule has 0 spiro atoms. The number of thiophene rings is 1. The lowest BCUT2D eigenvalue weighted by atomic mass is 9.89. The Bertz CT molecular complexity index is 502. The molecule has 0 aliphatic carbocycles. The number of nitrogens with two attached hydrogens (primary N) is 1. The van der Waals surface area contributed by atoms with Gasteiger partial charge in [-0.05, 0) is 56.1 Å². The van der Waals surface area contributed by atoms with E-state index in [4.69, 9.17) is 10.5 Å². The number of likely N-dealkylation sites (tertiary alicyclic amines) is 1. The van der Waals surface area contributed by atoms with E-state index in [1.165, 1.54) is 4.88 Å². The Morgan fingerprint density at radius 2 is 2.00 bits per heavy atom. The molecule has 0 aromatic carbocycles. The van der Waals surface area contributed by atoms with Crippen LogP contribution in [-0.4, -0.2) is 49.2 Å². The van der Waals surface area contributed by atoms with Crippen LogP contribution in [0.1, 0.15) is 30.6 Å². The highest BCUT2D eigenvalue weighted by molar-refractivity contribution is 7.09. The topological polar surface area (TPSA) is 67.6 Å². The predicted molar refractivity (Wildman–Crippen MR) is 107 cm³/mol. The van der Waals surface area contributed by atoms with Crippen LogP contribution < -0.4 is 11.1 Å². The lowest BCUT2D eigenvalue weighted by Gasteiger charge is -2.34. The van der Waals surface area contributed by atoms with Gasteiger partial charge in [-0.3, -0.25) is 9.69 Å². The second-order valence-electron chi connectivity index (χ2n) is 6.78. The second-order valence-corrected chi connectivity index (χ2v) is 7.81. The minimum atomic E-state index is -0.724. The molecule has 0 unspecified atom stereocenters. The number of carbonyl (C=O) groups is 1. The van der Waals surface area contributed by atoms with Crippen molar-refractivity contribution < 1.29 is 9.53 Å². The third-order valence-corrected chi connectivity index (χ3v) is 5.92. The molecule has 1 aromatic rings. The van der Waals surface area contributed by atoms with Crippen LogP contribution in [0.5, 0.6) is 0 Å². The number of nitrogens with zero attached hydrogens (tertiary/aromatic N) is 1. The van der Waals surface area contributed by atoms with Gasteiger partial charge in [0.15, 0.2) is 0 Å². The number of rotatable bonds is 5. The van der Waals surface area contributed by atoms with Crippen molar-refractivity contribution in [2.75, 3.05) is 32.8 Å². The van der Waals surface area contributed by atoms with Gasteiger partial charge < -0.3 is 15.8 Å². The molecule has 0 atom stereocenters. The van der Waals surface area contributed by atoms with Gasteiger partial charge >= 0.3 is 0 Å². The Morgan fingerprint density at radius 1 is 1.32 bits per heavy atom. The van der Waals surface area contributed by atoms with E-state index >= 15 is 0 Å². The Labute approximate surface area is 166 Å². The highest BCUT2D eigenvalue weighted by atomic mass is 35.5. The van der Waals surface area contributed by atoms with Crippen LogP contribution in [0.4, 0.5) is 0 Å². The Balaban J connectivity index is 0.00000156. The van der Waals surface area contributed by atoms with E-state index in [0.717, 1.165) is 39.0 Å². The molecule has 3 rings (SSSR count). The van der Waals surface area contributed by atoms with E-state index in [0.29, 0.717) is 32.0 Å². The molecule has 1 aromatic heterocycles. The minimum Gasteiger partial charge on any atom is -0.381 e. The van der Waals surface area contributed by atoms with E-state index in [9.17, 15) is 4.79 Å². The number of nitrogens with one attached hydrogen (secondary N) is 1. The fourth-order valence-corrected chi connectivity index (χ4v) is 4.09. The molecule has 0 saturated carbocycles. The molecule has 0 radical (unpaired) electrons. The zero-order valence-corrected chi connectivity index (χ0v) is 16.9. The van der Waals surface area contributed by atoms with Crippen LogP contribution in [0, 0.1) is 5.92 Å². The first-order chi connectivity index (χ1) is 11.2. The van der Waals surface area contributed by atoms with Crippen LogP contribution in [0.15, 0.2) is 17.5 Å². The van der Waals surface area contributed by atoms with Gasteiger partial charge in [0, 0.05) is 31.2 Å². The molecule has 2 aliphatic heterocycles. The van der Waals surface area contributed by atoms with E-state index in [1.54, 1.807) is 0 Å². The first kappa shape index (κ1) is 22.7. The fraction of sp³-hybridized carbons (Fsp3) is 0.706. The molecular weight excluding hydrogens is 381 g/mol. The molecule has 5 nitrogen and oxygen atoms in total. The molecule has 3 N–H and O–H groups in total. The van der Waals surface area contributed by atoms with Gasteiger partial charge in [-0.25, -0.2) is 0 Å². The predicted octanol–water partition coefficient (Wildman–Crippen LogP) is 2.43. The molecule has 0 bridgehead atoms. The van der Waals surface area contributed by atoms with Crippen molar-refractivity contribution in [3.05, 3.63) is 22.4 Å². The molecule has 2 fully saturated rings. The number of hydrogen-bond acceptors (Lipinski definition) is 5. The number of carbonyl (C=O) groups excluding carboxylic acids is 1. The summed E-state index contributed by atoms with van der Waals surface area (Å²) in [5, 5.41) is 5.22. The SMILES string of the molecule is Cl.Cl.NC1(C(=O)NCC2CCN(Cc3cccs3)CC2)CCOCC1. The van der Waals surface area contributed by atoms with Gasteiger partial charge in [-0.15, -0.1) is 36.2 Å². The number of amides is 1. The zero-order chi connectivity index (χ0) is 16.1. The highest BCUT2D eigenvalue weighted by Crippen LogP contribution is 2.21. The monoisotopic (exact) mass is 409 g/mol. The van der Waals surface area contributed by atoms with Gasteiger partial charge in [-0.1, -0.05) is 6.07 Å². The maximum absolute atomic E-state index is 12.3. The first-order valence-electron chi connectivity index (χ1n) is 8.55. The average molecular weight is 410 g/mol. The van der Waals surface area contributed by atoms with Gasteiger partial charge in [-0.2, -0.15) is 0 Å². The molecule has 8 heteroatoms. The summed E-state index contributed by atoms with van der Waals surface area (Å²) in [6.45, 7) is 5.21. The molecule has 25 heavy (non-hydrogen) atoms. The van der Waals surface area contributed by atoms with Gasteiger partial charge in [0.2, 0.25) is 5.91 Å². The van der Waals surface area contributed by atoms with E-state index in [1.807, 2.05) is 11.3 Å². The summed E-state index contributed by atoms with van der Waals surface area (Å²) in [7, 11) is 0. The highest BCUT2D eigenvalue weighted by Gasteiger charge is 2.36. The maximum atomic E-state index is 12.3. The van der Waals surface area contributed by atoms with Crippen LogP contribution in [-0.2, 0) is 16.1 Å². The summed E-state index contributed by atoms with van der Waals surface area (Å²) < 4.78 is 5.30. The van der Waals surface area contributed by atoms with E-state index in [2.05, 4.69) is 27.7 Å². The van der Waals surface area contributed by atoms with Crippen molar-refractivity contribution >= 4 is 42.1 Å². The summed E-state index contributed by atoms with van der Waals surface area (Å²) in [4.78, 5) is 16.3. The van der Waals surface area contributed by atoms with Gasteiger partial charge in [0.25, 0.3) is 0 Å². The second kappa shape index (κ2) is 10.7. The van der Waals surface area contributed by atoms with Crippen LogP contribution in [0.2, 0.25) is 0 Å². The van der Waals surface area contributed by atoms with Crippen molar-refractivity contribution in [3.8, 4) is 0 Å². The summed E-state index contributed by atoms with van der Waals surface area (Å²) >= 11 is 1.82. The van der Waals surface area contributed by atoms with Crippen LogP contribution >= 0.6 is 36.2 Å². The third kappa shape index (κ3) is 6.38. The average Bonchev–Trinajstić information content (AvgIpc) is 3.07. The van der Waals surface area contributed by atoms with Gasteiger partial charge in [0.1, 0.15) is 0 Å². The summed E-state index contributed by atoms with van der Waals surface area (Å²) in [5.74, 6) is 0.573. The summed E-state index contributed by atoms with van der Waals surface area (Å²) in [6.07, 6.45) is 3.54. The summed E-state index contributed by atoms with van der Waals surface area (Å²) in [6, 6.07) is 4.31. The lowest BCUT2D eigenvalue weighted by molar-refractivity contribution is -0.130. The smallest absolute Gasteiger partial charge is 0.240 e. The fourth-order valence-electron chi connectivity index (χ4n) is 3.35. The largest absolute Gasteiger partial charge is 0.381 e. The first-order valence-corrected chi connectivity index (χ1v) is 9.43. The van der Waals surface area contributed by atoms with E-state index in [-0.39, 0.29) is 30.7 Å². The molecule has 1 amide bonds. The van der Waals surface area contributed by atoms with Crippen molar-refractivity contribution in [2.45, 2.75) is 37.8 Å². The third-order valence-electron chi connectivity index (χ3n) is 5.06. The zero-order valence-electron chi connectivity index (χ0n) is 14.4. The molecule has 144 valence electrons. The van der Waals surface area contributed by atoms with Crippen molar-refractivity contribution in [2.24, 2.45) is 11.7 Å². The van der Waals surface area contributed by atoms with Crippen molar-refractivity contribution in [1.82, 2.24) is 10.2 Å². The van der Waals surface area contributed by atoms with Crippen LogP contribution in [0.3, 0.4) is 0 Å². The van der Waals surface area contributed by atoms with Gasteiger partial charge in [0.05, 0.1) is 5.54 Å².